The van der Waals surface area contributed by atoms with Gasteiger partial charge in [-0.2, -0.15) is 0 Å². The summed E-state index contributed by atoms with van der Waals surface area (Å²) < 4.78 is 26.8. The van der Waals surface area contributed by atoms with E-state index in [1.165, 1.54) is 6.33 Å². The molecule has 1 rings (SSSR count). The Balaban J connectivity index is 2.52. The normalized spacial score (nSPS) is 13.5. The molecule has 0 spiro atoms. The molecule has 0 aromatic carbocycles. The Morgan fingerprint density at radius 1 is 1.65 bits per heavy atom. The number of hydrogen-bond acceptors (Lipinski definition) is 5. The minimum atomic E-state index is -3.83. The lowest BCUT2D eigenvalue weighted by atomic mass is 10.4. The van der Waals surface area contributed by atoms with E-state index in [9.17, 15) is 13.2 Å². The molecule has 0 saturated heterocycles. The van der Waals surface area contributed by atoms with Crippen molar-refractivity contribution in [3.8, 4) is 0 Å². The number of carboxylic acid groups (broad SMARTS) is 1. The molecule has 0 bridgehead atoms. The third kappa shape index (κ3) is 3.49. The number of hydrogen-bond donors (Lipinski definition) is 2. The van der Waals surface area contributed by atoms with E-state index < -0.39 is 21.2 Å². The number of nitrogens with zero attached hydrogens (tertiary/aromatic N) is 3. The minimum absolute atomic E-state index is 0.0898. The van der Waals surface area contributed by atoms with Gasteiger partial charge in [-0.1, -0.05) is 0 Å². The van der Waals surface area contributed by atoms with E-state index in [0.29, 0.717) is 12.2 Å². The molecule has 1 atom stereocenters. The van der Waals surface area contributed by atoms with Crippen molar-refractivity contribution in [2.24, 2.45) is 7.05 Å². The van der Waals surface area contributed by atoms with Crippen LogP contribution in [0.15, 0.2) is 6.33 Å². The van der Waals surface area contributed by atoms with Crippen LogP contribution in [0.5, 0.6) is 0 Å². The molecule has 1 unspecified atom stereocenters. The zero-order valence-corrected chi connectivity index (χ0v) is 10.3. The van der Waals surface area contributed by atoms with Gasteiger partial charge >= 0.3 is 5.97 Å². The number of sulfonamides is 1. The van der Waals surface area contributed by atoms with E-state index >= 15 is 0 Å². The van der Waals surface area contributed by atoms with Gasteiger partial charge in [0.15, 0.2) is 5.25 Å². The van der Waals surface area contributed by atoms with Gasteiger partial charge in [-0.05, 0) is 6.92 Å². The van der Waals surface area contributed by atoms with Gasteiger partial charge in [0.05, 0.1) is 0 Å². The van der Waals surface area contributed by atoms with Crippen molar-refractivity contribution in [1.29, 1.82) is 0 Å². The summed E-state index contributed by atoms with van der Waals surface area (Å²) in [5.74, 6) is -0.758. The Morgan fingerprint density at radius 2 is 2.29 bits per heavy atom. The van der Waals surface area contributed by atoms with Crippen LogP contribution in [0.2, 0.25) is 0 Å². The van der Waals surface area contributed by atoms with E-state index in [0.717, 1.165) is 6.92 Å². The average Bonchev–Trinajstić information content (AvgIpc) is 2.63. The van der Waals surface area contributed by atoms with Gasteiger partial charge in [-0.15, -0.1) is 10.2 Å². The van der Waals surface area contributed by atoms with Gasteiger partial charge in [0.1, 0.15) is 12.2 Å². The number of aromatic nitrogens is 3. The van der Waals surface area contributed by atoms with E-state index in [1.807, 2.05) is 0 Å². The first-order chi connectivity index (χ1) is 7.84. The van der Waals surface area contributed by atoms with Crippen LogP contribution in [0.25, 0.3) is 0 Å². The molecule has 0 fully saturated rings. The third-order valence-corrected chi connectivity index (χ3v) is 4.01. The van der Waals surface area contributed by atoms with Crippen LogP contribution in [0.3, 0.4) is 0 Å². The molecule has 9 heteroatoms. The molecule has 0 aliphatic carbocycles. The Bertz CT molecular complexity index is 495. The van der Waals surface area contributed by atoms with Crippen molar-refractivity contribution in [3.05, 3.63) is 12.2 Å². The molecule has 0 amide bonds. The molecule has 96 valence electrons. The summed E-state index contributed by atoms with van der Waals surface area (Å²) in [6.45, 7) is 1.21. The van der Waals surface area contributed by atoms with E-state index in [2.05, 4.69) is 14.9 Å². The van der Waals surface area contributed by atoms with Crippen molar-refractivity contribution < 1.29 is 18.3 Å². The second kappa shape index (κ2) is 5.23. The zero-order chi connectivity index (χ0) is 13.1. The van der Waals surface area contributed by atoms with Crippen molar-refractivity contribution in [3.63, 3.8) is 0 Å². The Kier molecular flexibility index (Phi) is 4.18. The number of aryl methyl sites for hydroxylation is 1. The molecule has 0 saturated carbocycles. The number of carbonyl (C=O) groups is 1. The van der Waals surface area contributed by atoms with Crippen LogP contribution < -0.4 is 4.72 Å². The van der Waals surface area contributed by atoms with Crippen LogP contribution in [-0.4, -0.2) is 46.1 Å². The predicted octanol–water partition coefficient (Wildman–Crippen LogP) is -1.25. The van der Waals surface area contributed by atoms with Gasteiger partial charge in [0.2, 0.25) is 10.0 Å². The summed E-state index contributed by atoms with van der Waals surface area (Å²) in [6.07, 6.45) is 1.85. The fourth-order valence-electron chi connectivity index (χ4n) is 1.10. The van der Waals surface area contributed by atoms with Crippen molar-refractivity contribution >= 4 is 16.0 Å². The molecule has 0 radical (unpaired) electrons. The first kappa shape index (κ1) is 13.6. The van der Waals surface area contributed by atoms with Crippen molar-refractivity contribution in [2.75, 3.05) is 6.54 Å². The summed E-state index contributed by atoms with van der Waals surface area (Å²) in [6, 6.07) is 0. The van der Waals surface area contributed by atoms with Crippen molar-refractivity contribution in [1.82, 2.24) is 19.5 Å². The molecular weight excluding hydrogens is 248 g/mol. The first-order valence-electron chi connectivity index (χ1n) is 4.88. The number of nitrogens with one attached hydrogen (secondary N) is 1. The van der Waals surface area contributed by atoms with Crippen LogP contribution in [0, 0.1) is 0 Å². The number of rotatable bonds is 6. The SMILES string of the molecule is CC(C(=O)O)S(=O)(=O)NCCc1nncn1C. The molecule has 1 aromatic rings. The highest BCUT2D eigenvalue weighted by Crippen LogP contribution is 1.99. The van der Waals surface area contributed by atoms with Gasteiger partial charge in [0.25, 0.3) is 0 Å². The number of aliphatic carboxylic acids is 1. The van der Waals surface area contributed by atoms with Crippen LogP contribution in [0.1, 0.15) is 12.7 Å². The summed E-state index contributed by atoms with van der Waals surface area (Å²) in [4.78, 5) is 10.5. The fraction of sp³-hybridized carbons (Fsp3) is 0.625. The Labute approximate surface area is 98.7 Å². The maximum atomic E-state index is 11.5. The molecule has 17 heavy (non-hydrogen) atoms. The average molecular weight is 262 g/mol. The van der Waals surface area contributed by atoms with Crippen molar-refractivity contribution in [2.45, 2.75) is 18.6 Å². The van der Waals surface area contributed by atoms with Gasteiger partial charge in [-0.3, -0.25) is 4.79 Å². The maximum absolute atomic E-state index is 11.5. The second-order valence-corrected chi connectivity index (χ2v) is 5.61. The number of carboxylic acids is 1. The molecule has 8 nitrogen and oxygen atoms in total. The fourth-order valence-corrected chi connectivity index (χ4v) is 2.00. The molecular formula is C8H14N4O4S. The van der Waals surface area contributed by atoms with E-state index in [4.69, 9.17) is 5.11 Å². The smallest absolute Gasteiger partial charge is 0.323 e. The quantitative estimate of drug-likeness (QED) is 0.662. The summed E-state index contributed by atoms with van der Waals surface area (Å²) in [5, 5.41) is 14.5. The topological polar surface area (TPSA) is 114 Å². The molecule has 0 aliphatic heterocycles. The standard InChI is InChI=1S/C8H14N4O4S/c1-6(8(13)14)17(15,16)10-4-3-7-11-9-5-12(7)2/h5-6,10H,3-4H2,1-2H3,(H,13,14). The van der Waals surface area contributed by atoms with Crippen LogP contribution >= 0.6 is 0 Å². The summed E-state index contributed by atoms with van der Waals surface area (Å²) in [5.41, 5.74) is 0. The van der Waals surface area contributed by atoms with E-state index in [-0.39, 0.29) is 6.54 Å². The highest BCUT2D eigenvalue weighted by molar-refractivity contribution is 7.90. The lowest BCUT2D eigenvalue weighted by Gasteiger charge is -2.09. The largest absolute Gasteiger partial charge is 0.480 e. The molecule has 0 aliphatic rings. The zero-order valence-electron chi connectivity index (χ0n) is 9.49. The van der Waals surface area contributed by atoms with Crippen LogP contribution in [0.4, 0.5) is 0 Å². The lowest BCUT2D eigenvalue weighted by Crippen LogP contribution is -2.38. The van der Waals surface area contributed by atoms with Gasteiger partial charge in [-0.25, -0.2) is 13.1 Å². The Morgan fingerprint density at radius 3 is 2.76 bits per heavy atom. The highest BCUT2D eigenvalue weighted by Gasteiger charge is 2.26. The monoisotopic (exact) mass is 262 g/mol. The van der Waals surface area contributed by atoms with E-state index in [1.54, 1.807) is 11.6 Å². The first-order valence-corrected chi connectivity index (χ1v) is 6.43. The molecule has 2 N–H and O–H groups in total. The van der Waals surface area contributed by atoms with Crippen LogP contribution in [-0.2, 0) is 28.3 Å². The minimum Gasteiger partial charge on any atom is -0.480 e. The summed E-state index contributed by atoms with van der Waals surface area (Å²) in [7, 11) is -2.09. The third-order valence-electron chi connectivity index (χ3n) is 2.27. The predicted molar refractivity (Wildman–Crippen MR) is 58.7 cm³/mol. The summed E-state index contributed by atoms with van der Waals surface area (Å²) >= 11 is 0. The highest BCUT2D eigenvalue weighted by atomic mass is 32.2. The van der Waals surface area contributed by atoms with Gasteiger partial charge in [0, 0.05) is 20.0 Å². The van der Waals surface area contributed by atoms with Gasteiger partial charge < -0.3 is 9.67 Å². The second-order valence-electron chi connectivity index (χ2n) is 3.53. The lowest BCUT2D eigenvalue weighted by molar-refractivity contribution is -0.136. The molecule has 1 heterocycles. The Hall–Kier alpha value is -1.48. The molecule has 1 aromatic heterocycles. The maximum Gasteiger partial charge on any atom is 0.323 e.